The topological polar surface area (TPSA) is 71.1 Å². The van der Waals surface area contributed by atoms with E-state index in [4.69, 9.17) is 9.47 Å². The number of ether oxygens (including phenoxy) is 2. The van der Waals surface area contributed by atoms with E-state index in [0.717, 1.165) is 30.5 Å². The van der Waals surface area contributed by atoms with Gasteiger partial charge in [-0.05, 0) is 60.4 Å². The van der Waals surface area contributed by atoms with Crippen molar-refractivity contribution in [1.29, 1.82) is 0 Å². The maximum Gasteiger partial charge on any atom is 0.251 e. The maximum absolute atomic E-state index is 13.3. The number of amides is 2. The zero-order valence-corrected chi connectivity index (χ0v) is 19.6. The van der Waals surface area contributed by atoms with Crippen LogP contribution in [0.15, 0.2) is 48.0 Å². The number of fused-ring (bicyclic) bond motifs is 1. The minimum Gasteiger partial charge on any atom is -0.493 e. The average Bonchev–Trinajstić information content (AvgIpc) is 2.87. The van der Waals surface area contributed by atoms with E-state index in [1.807, 2.05) is 23.1 Å². The third-order valence-corrected chi connectivity index (χ3v) is 6.29. The van der Waals surface area contributed by atoms with E-state index in [0.29, 0.717) is 49.8 Å². The molecule has 2 aromatic carbocycles. The van der Waals surface area contributed by atoms with Gasteiger partial charge in [0, 0.05) is 50.4 Å². The van der Waals surface area contributed by atoms with Crippen LogP contribution in [-0.4, -0.2) is 62.0 Å². The van der Waals surface area contributed by atoms with E-state index in [1.54, 1.807) is 14.2 Å². The van der Waals surface area contributed by atoms with Gasteiger partial charge in [0.1, 0.15) is 5.82 Å². The Morgan fingerprint density at radius 1 is 1.00 bits per heavy atom. The lowest BCUT2D eigenvalue weighted by molar-refractivity contribution is -0.128. The van der Waals surface area contributed by atoms with Gasteiger partial charge in [-0.1, -0.05) is 6.08 Å². The number of hydrogen-bond donors (Lipinski definition) is 1. The molecular weight excluding hydrogens is 437 g/mol. The zero-order chi connectivity index (χ0) is 24.1. The first-order chi connectivity index (χ1) is 16.5. The van der Waals surface area contributed by atoms with Crippen molar-refractivity contribution in [3.05, 3.63) is 65.0 Å². The summed E-state index contributed by atoms with van der Waals surface area (Å²) in [5, 5.41) is 2.78. The second-order valence-electron chi connectivity index (χ2n) is 8.55. The molecule has 0 radical (unpaired) electrons. The highest BCUT2D eigenvalue weighted by molar-refractivity contribution is 5.94. The molecule has 0 spiro atoms. The fourth-order valence-corrected chi connectivity index (χ4v) is 4.43. The summed E-state index contributed by atoms with van der Waals surface area (Å²) < 4.78 is 23.8. The Balaban J connectivity index is 1.31. The number of nitrogens with zero attached hydrogens (tertiary/aromatic N) is 2. The third kappa shape index (κ3) is 5.56. The van der Waals surface area contributed by atoms with Crippen molar-refractivity contribution in [2.75, 3.05) is 45.7 Å². The molecule has 2 aliphatic heterocycles. The molecule has 0 aliphatic carbocycles. The van der Waals surface area contributed by atoms with Gasteiger partial charge in [-0.3, -0.25) is 14.5 Å². The Morgan fingerprint density at radius 3 is 2.41 bits per heavy atom. The van der Waals surface area contributed by atoms with Gasteiger partial charge >= 0.3 is 0 Å². The van der Waals surface area contributed by atoms with E-state index in [1.165, 1.54) is 29.8 Å². The molecule has 180 valence electrons. The van der Waals surface area contributed by atoms with Crippen molar-refractivity contribution in [1.82, 2.24) is 9.80 Å². The van der Waals surface area contributed by atoms with Crippen LogP contribution < -0.4 is 14.8 Å². The standard InChI is InChI=1S/C26H30FN3O4/c1-33-23-14-18-9-13-30(17-20(18)15-24(23)34-2)26(32)19-4-3-11-29(16-19)12-10-25(31)28-22-7-5-21(27)6-8-22/h4-8,14-15H,3,9-13,16-17H2,1-2H3,(H,28,31). The average molecular weight is 468 g/mol. The van der Waals surface area contributed by atoms with Gasteiger partial charge < -0.3 is 19.7 Å². The summed E-state index contributed by atoms with van der Waals surface area (Å²) in [5.41, 5.74) is 3.59. The van der Waals surface area contributed by atoms with Gasteiger partial charge in [-0.25, -0.2) is 4.39 Å². The number of nitrogens with one attached hydrogen (secondary N) is 1. The summed E-state index contributed by atoms with van der Waals surface area (Å²) in [4.78, 5) is 29.5. The molecule has 8 heteroatoms. The summed E-state index contributed by atoms with van der Waals surface area (Å²) in [6, 6.07) is 9.65. The summed E-state index contributed by atoms with van der Waals surface area (Å²) in [6.07, 6.45) is 3.86. The van der Waals surface area contributed by atoms with E-state index >= 15 is 0 Å². The quantitative estimate of drug-likeness (QED) is 0.676. The number of benzene rings is 2. The molecule has 0 unspecified atom stereocenters. The van der Waals surface area contributed by atoms with Crippen LogP contribution >= 0.6 is 0 Å². The van der Waals surface area contributed by atoms with Crippen molar-refractivity contribution >= 4 is 17.5 Å². The fraction of sp³-hybridized carbons (Fsp3) is 0.385. The van der Waals surface area contributed by atoms with E-state index in [-0.39, 0.29) is 17.6 Å². The third-order valence-electron chi connectivity index (χ3n) is 6.29. The molecule has 2 amide bonds. The van der Waals surface area contributed by atoms with Gasteiger partial charge in [-0.2, -0.15) is 0 Å². The lowest BCUT2D eigenvalue weighted by Gasteiger charge is -2.33. The van der Waals surface area contributed by atoms with Crippen LogP contribution in [-0.2, 0) is 22.6 Å². The summed E-state index contributed by atoms with van der Waals surface area (Å²) in [6.45, 7) is 3.07. The lowest BCUT2D eigenvalue weighted by atomic mass is 9.97. The number of halogens is 1. The molecule has 0 fully saturated rings. The van der Waals surface area contributed by atoms with Crippen molar-refractivity contribution < 1.29 is 23.5 Å². The molecule has 0 aromatic heterocycles. The summed E-state index contributed by atoms with van der Waals surface area (Å²) in [7, 11) is 3.23. The van der Waals surface area contributed by atoms with Gasteiger partial charge in [0.05, 0.1) is 14.2 Å². The monoisotopic (exact) mass is 467 g/mol. The number of carbonyl (C=O) groups is 2. The van der Waals surface area contributed by atoms with Crippen LogP contribution in [0.2, 0.25) is 0 Å². The molecular formula is C26H30FN3O4. The predicted octanol–water partition coefficient (Wildman–Crippen LogP) is 3.39. The van der Waals surface area contributed by atoms with Gasteiger partial charge in [0.25, 0.3) is 5.91 Å². The number of hydrogen-bond acceptors (Lipinski definition) is 5. The van der Waals surface area contributed by atoms with E-state index in [9.17, 15) is 14.0 Å². The Hall–Kier alpha value is -3.39. The Morgan fingerprint density at radius 2 is 1.71 bits per heavy atom. The highest BCUT2D eigenvalue weighted by Crippen LogP contribution is 2.33. The number of carbonyl (C=O) groups excluding carboxylic acids is 2. The first-order valence-electron chi connectivity index (χ1n) is 11.5. The first-order valence-corrected chi connectivity index (χ1v) is 11.5. The smallest absolute Gasteiger partial charge is 0.251 e. The largest absolute Gasteiger partial charge is 0.493 e. The van der Waals surface area contributed by atoms with Crippen molar-refractivity contribution in [2.45, 2.75) is 25.8 Å². The van der Waals surface area contributed by atoms with E-state index in [2.05, 4.69) is 10.2 Å². The number of rotatable bonds is 7. The normalized spacial score (nSPS) is 15.9. The molecule has 2 aliphatic rings. The minimum atomic E-state index is -0.341. The molecule has 34 heavy (non-hydrogen) atoms. The van der Waals surface area contributed by atoms with Crippen molar-refractivity contribution in [3.63, 3.8) is 0 Å². The second kappa shape index (κ2) is 10.7. The van der Waals surface area contributed by atoms with Crippen molar-refractivity contribution in [2.24, 2.45) is 0 Å². The molecule has 1 N–H and O–H groups in total. The van der Waals surface area contributed by atoms with Gasteiger partial charge in [-0.15, -0.1) is 0 Å². The molecule has 0 bridgehead atoms. The predicted molar refractivity (Wildman–Crippen MR) is 127 cm³/mol. The van der Waals surface area contributed by atoms with Crippen LogP contribution in [0.4, 0.5) is 10.1 Å². The lowest BCUT2D eigenvalue weighted by Crippen LogP contribution is -2.41. The van der Waals surface area contributed by atoms with Crippen LogP contribution in [0, 0.1) is 5.82 Å². The molecule has 2 aromatic rings. The van der Waals surface area contributed by atoms with Crippen molar-refractivity contribution in [3.8, 4) is 11.5 Å². The molecule has 7 nitrogen and oxygen atoms in total. The molecule has 0 saturated carbocycles. The Kier molecular flexibility index (Phi) is 7.47. The highest BCUT2D eigenvalue weighted by Gasteiger charge is 2.27. The molecule has 0 saturated heterocycles. The first kappa shape index (κ1) is 23.8. The van der Waals surface area contributed by atoms with Crippen LogP contribution in [0.5, 0.6) is 11.5 Å². The van der Waals surface area contributed by atoms with Gasteiger partial charge in [0.15, 0.2) is 11.5 Å². The number of methoxy groups -OCH3 is 2. The highest BCUT2D eigenvalue weighted by atomic mass is 19.1. The Labute approximate surface area is 199 Å². The minimum absolute atomic E-state index is 0.0425. The van der Waals surface area contributed by atoms with Crippen LogP contribution in [0.1, 0.15) is 24.0 Å². The zero-order valence-electron chi connectivity index (χ0n) is 19.6. The number of anilines is 1. The molecule has 0 atom stereocenters. The molecule has 2 heterocycles. The van der Waals surface area contributed by atoms with Gasteiger partial charge in [0.2, 0.25) is 5.91 Å². The summed E-state index contributed by atoms with van der Waals surface area (Å²) >= 11 is 0. The van der Waals surface area contributed by atoms with Crippen LogP contribution in [0.25, 0.3) is 0 Å². The fourth-order valence-electron chi connectivity index (χ4n) is 4.43. The van der Waals surface area contributed by atoms with Crippen LogP contribution in [0.3, 0.4) is 0 Å². The second-order valence-corrected chi connectivity index (χ2v) is 8.55. The maximum atomic E-state index is 13.3. The molecule has 4 rings (SSSR count). The summed E-state index contributed by atoms with van der Waals surface area (Å²) in [5.74, 6) is 0.936. The van der Waals surface area contributed by atoms with E-state index < -0.39 is 0 Å². The Bertz CT molecular complexity index is 1080. The SMILES string of the molecule is COc1cc2c(cc1OC)CN(C(=O)C1=CCCN(CCC(=O)Nc3ccc(F)cc3)C1)CC2.